The van der Waals surface area contributed by atoms with E-state index in [0.29, 0.717) is 42.4 Å². The van der Waals surface area contributed by atoms with E-state index in [1.165, 1.54) is 11.1 Å². The molecule has 17 nitrogen and oxygen atoms in total. The first-order valence-corrected chi connectivity index (χ1v) is 13.9. The second-order valence-electron chi connectivity index (χ2n) is 9.87. The Balaban J connectivity index is 0.000000952. The van der Waals surface area contributed by atoms with Gasteiger partial charge in [-0.05, 0) is 25.0 Å². The molecule has 1 aliphatic rings. The molecule has 17 heteroatoms. The quantitative estimate of drug-likeness (QED) is 0.165. The van der Waals surface area contributed by atoms with Gasteiger partial charge in [-0.25, -0.2) is 9.97 Å². The van der Waals surface area contributed by atoms with Gasteiger partial charge in [0.2, 0.25) is 11.8 Å². The average Bonchev–Trinajstić information content (AvgIpc) is 3.75. The molecule has 1 fully saturated rings. The molecule has 5 rings (SSSR count). The van der Waals surface area contributed by atoms with E-state index in [1.807, 2.05) is 24.7 Å². The van der Waals surface area contributed by atoms with Crippen LogP contribution in [0, 0.1) is 0 Å². The topological polar surface area (TPSA) is 216 Å². The van der Waals surface area contributed by atoms with Crippen molar-refractivity contribution in [3.63, 3.8) is 0 Å². The highest BCUT2D eigenvalue weighted by atomic mass is 16.6. The lowest BCUT2D eigenvalue weighted by Crippen LogP contribution is -2.29. The Morgan fingerprint density at radius 3 is 2.48 bits per heavy atom. The lowest BCUT2D eigenvalue weighted by atomic mass is 10.1. The number of fused-ring (bicyclic) bond motifs is 1. The third kappa shape index (κ3) is 6.97. The van der Waals surface area contributed by atoms with Crippen LogP contribution in [0.3, 0.4) is 0 Å². The number of aliphatic hydroxyl groups excluding tert-OH is 2. The van der Waals surface area contributed by atoms with Gasteiger partial charge in [0, 0.05) is 39.2 Å². The Bertz CT molecular complexity index is 1460. The zero-order valence-corrected chi connectivity index (χ0v) is 24.3. The van der Waals surface area contributed by atoms with E-state index in [4.69, 9.17) is 24.6 Å². The Labute approximate surface area is 242 Å². The predicted molar refractivity (Wildman–Crippen MR) is 150 cm³/mol. The number of carboxylic acid groups (broad SMARTS) is 1. The van der Waals surface area contributed by atoms with E-state index in [1.54, 1.807) is 10.9 Å². The highest BCUT2D eigenvalue weighted by molar-refractivity contribution is 5.84. The molecule has 4 aromatic rings. The number of nitrogens with one attached hydrogen (secondary N) is 2. The molecular weight excluding hydrogens is 548 g/mol. The number of tetrazole rings is 1. The summed E-state index contributed by atoms with van der Waals surface area (Å²) in [6, 6.07) is 0.200. The fourth-order valence-electron chi connectivity index (χ4n) is 4.47. The number of aryl methyl sites for hydroxylation is 2. The summed E-state index contributed by atoms with van der Waals surface area (Å²) in [5.74, 6) is 0.355. The largest absolute Gasteiger partial charge is 0.481 e. The fraction of sp³-hybridized carbons (Fsp3) is 0.600. The zero-order valence-electron chi connectivity index (χ0n) is 24.3. The van der Waals surface area contributed by atoms with Crippen LogP contribution in [0.25, 0.3) is 11.2 Å². The molecule has 1 saturated heterocycles. The monoisotopic (exact) mass is 586 g/mol. The highest BCUT2D eigenvalue weighted by Gasteiger charge is 2.47. The van der Waals surface area contributed by atoms with Crippen molar-refractivity contribution in [3.8, 4) is 0 Å². The van der Waals surface area contributed by atoms with Crippen LogP contribution >= 0.6 is 0 Å². The number of aliphatic hydroxyl groups is 2. The van der Waals surface area contributed by atoms with Crippen LogP contribution in [-0.2, 0) is 29.5 Å². The number of carboxylic acids is 1. The summed E-state index contributed by atoms with van der Waals surface area (Å²) in [5.41, 5.74) is 1.95. The van der Waals surface area contributed by atoms with Gasteiger partial charge in [0.1, 0.15) is 12.2 Å². The molecule has 0 radical (unpaired) electrons. The summed E-state index contributed by atoms with van der Waals surface area (Å²) >= 11 is 0. The molecule has 0 unspecified atom stereocenters. The number of hydrogen-bond donors (Lipinski definition) is 5. The van der Waals surface area contributed by atoms with Crippen LogP contribution in [0.15, 0.2) is 18.9 Å². The number of anilines is 2. The summed E-state index contributed by atoms with van der Waals surface area (Å²) in [7, 11) is 1.93. The van der Waals surface area contributed by atoms with Crippen LogP contribution in [0.5, 0.6) is 0 Å². The van der Waals surface area contributed by atoms with Crippen molar-refractivity contribution < 1.29 is 24.9 Å². The van der Waals surface area contributed by atoms with Crippen molar-refractivity contribution in [1.29, 1.82) is 0 Å². The molecule has 5 heterocycles. The Morgan fingerprint density at radius 2 is 1.86 bits per heavy atom. The number of hydrogen-bond acceptors (Lipinski definition) is 13. The van der Waals surface area contributed by atoms with Gasteiger partial charge in [-0.2, -0.15) is 14.8 Å². The molecule has 0 bridgehead atoms. The molecule has 1 aliphatic heterocycles. The SMILES string of the molecule is CC(=O)O.CCC(CC)Nc1nc(NCCc2cn(C)cn2)nc2c1ncn2[C@@H]1O[C@H](c2nnn(CC)n2)[C@@H](O)[C@H]1O. The molecule has 0 spiro atoms. The van der Waals surface area contributed by atoms with E-state index in [0.717, 1.165) is 25.5 Å². The van der Waals surface area contributed by atoms with Gasteiger partial charge >= 0.3 is 0 Å². The number of carbonyl (C=O) groups is 1. The van der Waals surface area contributed by atoms with Crippen molar-refractivity contribution in [2.24, 2.45) is 7.05 Å². The maximum Gasteiger partial charge on any atom is 0.300 e. The lowest BCUT2D eigenvalue weighted by Gasteiger charge is -2.18. The van der Waals surface area contributed by atoms with Gasteiger partial charge in [-0.15, -0.1) is 10.2 Å². The molecule has 42 heavy (non-hydrogen) atoms. The molecule has 0 aliphatic carbocycles. The third-order valence-corrected chi connectivity index (χ3v) is 6.69. The number of aromatic nitrogens is 10. The number of aliphatic carboxylic acids is 1. The van der Waals surface area contributed by atoms with E-state index < -0.39 is 30.5 Å². The molecule has 5 N–H and O–H groups in total. The first-order valence-electron chi connectivity index (χ1n) is 13.9. The summed E-state index contributed by atoms with van der Waals surface area (Å²) < 4.78 is 9.57. The van der Waals surface area contributed by atoms with Crippen LogP contribution in [0.4, 0.5) is 11.8 Å². The molecule has 0 saturated carbocycles. The Hall–Kier alpha value is -4.22. The van der Waals surface area contributed by atoms with Crippen molar-refractivity contribution in [2.45, 2.75) is 84.1 Å². The van der Waals surface area contributed by atoms with Crippen molar-refractivity contribution in [1.82, 2.24) is 49.3 Å². The molecule has 228 valence electrons. The summed E-state index contributed by atoms with van der Waals surface area (Å²) in [6.07, 6.45) is 3.34. The van der Waals surface area contributed by atoms with Gasteiger partial charge in [0.25, 0.3) is 5.97 Å². The minimum Gasteiger partial charge on any atom is -0.481 e. The average molecular weight is 587 g/mol. The van der Waals surface area contributed by atoms with Crippen LogP contribution < -0.4 is 10.6 Å². The number of imidazole rings is 2. The van der Waals surface area contributed by atoms with Crippen LogP contribution in [0.2, 0.25) is 0 Å². The smallest absolute Gasteiger partial charge is 0.300 e. The van der Waals surface area contributed by atoms with Crippen molar-refractivity contribution >= 4 is 28.9 Å². The van der Waals surface area contributed by atoms with Crippen LogP contribution in [-0.4, -0.2) is 95.4 Å². The summed E-state index contributed by atoms with van der Waals surface area (Å²) in [5, 5.41) is 48.0. The predicted octanol–water partition coefficient (Wildman–Crippen LogP) is 0.904. The lowest BCUT2D eigenvalue weighted by molar-refractivity contribution is -0.134. The van der Waals surface area contributed by atoms with E-state index in [-0.39, 0.29) is 11.9 Å². The van der Waals surface area contributed by atoms with Gasteiger partial charge in [0.05, 0.1) is 24.9 Å². The third-order valence-electron chi connectivity index (χ3n) is 6.69. The maximum atomic E-state index is 10.9. The van der Waals surface area contributed by atoms with Gasteiger partial charge < -0.3 is 35.3 Å². The van der Waals surface area contributed by atoms with E-state index in [2.05, 4.69) is 49.9 Å². The highest BCUT2D eigenvalue weighted by Crippen LogP contribution is 2.39. The number of nitrogens with zero attached hydrogens (tertiary/aromatic N) is 10. The molecule has 0 amide bonds. The molecular formula is C25H38N12O5. The van der Waals surface area contributed by atoms with Crippen LogP contribution in [0.1, 0.15) is 64.4 Å². The zero-order chi connectivity index (χ0) is 30.4. The van der Waals surface area contributed by atoms with Crippen molar-refractivity contribution in [2.75, 3.05) is 17.2 Å². The molecule has 4 atom stereocenters. The summed E-state index contributed by atoms with van der Waals surface area (Å²) in [4.78, 5) is 28.7. The van der Waals surface area contributed by atoms with E-state index in [9.17, 15) is 10.2 Å². The number of ether oxygens (including phenoxy) is 1. The first-order chi connectivity index (χ1) is 20.1. The Morgan fingerprint density at radius 1 is 1.12 bits per heavy atom. The molecule has 0 aromatic carbocycles. The van der Waals surface area contributed by atoms with Gasteiger partial charge in [-0.3, -0.25) is 9.36 Å². The standard InChI is InChI=1S/C23H34N12O3.C2H4O2/c1-5-13(6-2)27-19-15-21(29-23(28-19)24-9-8-14-10-33(4)11-25-14)34(12-26-15)22-17(37)16(36)18(38-22)20-30-32-35(7-3)31-20;1-2(3)4/h10-13,16-18,22,36-37H,5-9H2,1-4H3,(H2,24,27,28,29);1H3,(H,3,4)/t16-,17+,18-,22+;/m0./s1. The Kier molecular flexibility index (Phi) is 9.97. The maximum absolute atomic E-state index is 10.9. The normalized spacial score (nSPS) is 20.1. The van der Waals surface area contributed by atoms with E-state index >= 15 is 0 Å². The van der Waals surface area contributed by atoms with Crippen molar-refractivity contribution in [3.05, 3.63) is 30.4 Å². The second kappa shape index (κ2) is 13.6. The van der Waals surface area contributed by atoms with Gasteiger partial charge in [0.15, 0.2) is 29.3 Å². The number of rotatable bonds is 11. The minimum atomic E-state index is -1.27. The van der Waals surface area contributed by atoms with Gasteiger partial charge in [-0.1, -0.05) is 13.8 Å². The summed E-state index contributed by atoms with van der Waals surface area (Å²) in [6.45, 7) is 8.27. The first kappa shape index (κ1) is 30.7. The minimum absolute atomic E-state index is 0.200. The fourth-order valence-corrected chi connectivity index (χ4v) is 4.47. The second-order valence-corrected chi connectivity index (χ2v) is 9.87. The molecule has 4 aromatic heterocycles.